The lowest BCUT2D eigenvalue weighted by atomic mass is 9.97. The van der Waals surface area contributed by atoms with Gasteiger partial charge in [-0.05, 0) is 52.8 Å². The summed E-state index contributed by atoms with van der Waals surface area (Å²) in [5, 5.41) is 12.5. The third-order valence-corrected chi connectivity index (χ3v) is 9.66. The van der Waals surface area contributed by atoms with Crippen molar-refractivity contribution in [3.8, 4) is 11.1 Å². The zero-order valence-corrected chi connectivity index (χ0v) is 27.2. The number of fused-ring (bicyclic) bond motifs is 1. The van der Waals surface area contributed by atoms with Gasteiger partial charge in [0.05, 0.1) is 29.8 Å². The Kier molecular flexibility index (Phi) is 9.54. The third-order valence-electron chi connectivity index (χ3n) is 9.66. The molecule has 1 aromatic heterocycles. The number of amides is 1. The zero-order valence-electron chi connectivity index (χ0n) is 27.2. The molecule has 9 nitrogen and oxygen atoms in total. The van der Waals surface area contributed by atoms with Crippen molar-refractivity contribution >= 4 is 16.9 Å². The first-order valence-corrected chi connectivity index (χ1v) is 16.8. The standard InChI is InChI=1S/C39H42N4O5/c1-26(45)40-23-31-6-2-3-7-34(31)28-14-16-30(17-15-28)38-47-33(22-37(48-38)29-12-10-27(25-44)11-13-29)24-42-20-18-32(19-21-42)43-36-9-5-4-8-35(36)41-39(43)46/h2-17,32-33,37-38,44H,18-25H2,1H3,(H,40,45)(H,41,46). The lowest BCUT2D eigenvalue weighted by Gasteiger charge is -2.40. The van der Waals surface area contributed by atoms with E-state index in [0.717, 1.165) is 76.9 Å². The van der Waals surface area contributed by atoms with Crippen LogP contribution in [-0.4, -0.2) is 51.2 Å². The summed E-state index contributed by atoms with van der Waals surface area (Å²) in [4.78, 5) is 29.8. The van der Waals surface area contributed by atoms with E-state index in [2.05, 4.69) is 45.5 Å². The number of benzene rings is 4. The van der Waals surface area contributed by atoms with Crippen LogP contribution in [0, 0.1) is 0 Å². The molecule has 3 unspecified atom stereocenters. The van der Waals surface area contributed by atoms with Crippen LogP contribution in [0.5, 0.6) is 0 Å². The molecule has 2 fully saturated rings. The van der Waals surface area contributed by atoms with Crippen LogP contribution in [0.4, 0.5) is 0 Å². The maximum atomic E-state index is 12.8. The number of ether oxygens (including phenoxy) is 2. The number of carbonyl (C=O) groups is 1. The lowest BCUT2D eigenvalue weighted by Crippen LogP contribution is -2.43. The minimum Gasteiger partial charge on any atom is -0.392 e. The number of hydrogen-bond acceptors (Lipinski definition) is 6. The van der Waals surface area contributed by atoms with Gasteiger partial charge in [0.2, 0.25) is 5.91 Å². The monoisotopic (exact) mass is 646 g/mol. The highest BCUT2D eigenvalue weighted by Crippen LogP contribution is 2.39. The van der Waals surface area contributed by atoms with Gasteiger partial charge in [-0.15, -0.1) is 0 Å². The van der Waals surface area contributed by atoms with Crippen LogP contribution >= 0.6 is 0 Å². The molecule has 9 heteroatoms. The Labute approximate surface area is 280 Å². The number of H-pyrrole nitrogens is 1. The number of aliphatic hydroxyl groups is 1. The number of aliphatic hydroxyl groups excluding tert-OH is 1. The normalized spacial score (nSPS) is 20.6. The van der Waals surface area contributed by atoms with Crippen molar-refractivity contribution in [1.29, 1.82) is 0 Å². The summed E-state index contributed by atoms with van der Waals surface area (Å²) in [5.41, 5.74) is 7.86. The number of aromatic nitrogens is 2. The van der Waals surface area contributed by atoms with E-state index in [1.54, 1.807) is 0 Å². The Bertz CT molecular complexity index is 1910. The van der Waals surface area contributed by atoms with Crippen LogP contribution in [0.1, 0.15) is 66.9 Å². The number of rotatable bonds is 9. The van der Waals surface area contributed by atoms with Gasteiger partial charge in [-0.25, -0.2) is 4.79 Å². The van der Waals surface area contributed by atoms with Gasteiger partial charge in [0.25, 0.3) is 0 Å². The lowest BCUT2D eigenvalue weighted by molar-refractivity contribution is -0.253. The van der Waals surface area contributed by atoms with Crippen LogP contribution < -0.4 is 11.0 Å². The van der Waals surface area contributed by atoms with E-state index in [4.69, 9.17) is 9.47 Å². The second-order valence-corrected chi connectivity index (χ2v) is 12.9. The molecule has 2 aliphatic rings. The summed E-state index contributed by atoms with van der Waals surface area (Å²) in [6.45, 7) is 4.53. The molecule has 1 amide bonds. The molecule has 248 valence electrons. The van der Waals surface area contributed by atoms with E-state index in [9.17, 15) is 14.7 Å². The predicted octanol–water partition coefficient (Wildman–Crippen LogP) is 6.01. The van der Waals surface area contributed by atoms with Gasteiger partial charge in [-0.3, -0.25) is 9.36 Å². The fraction of sp³-hybridized carbons (Fsp3) is 0.333. The molecular weight excluding hydrogens is 604 g/mol. The first-order chi connectivity index (χ1) is 23.4. The molecule has 2 saturated heterocycles. The highest BCUT2D eigenvalue weighted by Gasteiger charge is 2.34. The van der Waals surface area contributed by atoms with Crippen LogP contribution in [-0.2, 0) is 27.4 Å². The van der Waals surface area contributed by atoms with Crippen LogP contribution in [0.25, 0.3) is 22.2 Å². The third kappa shape index (κ3) is 7.00. The zero-order chi connectivity index (χ0) is 33.0. The molecular formula is C39H42N4O5. The van der Waals surface area contributed by atoms with Crippen LogP contribution in [0.3, 0.4) is 0 Å². The average Bonchev–Trinajstić information content (AvgIpc) is 3.46. The Balaban J connectivity index is 1.07. The van der Waals surface area contributed by atoms with Gasteiger partial charge >= 0.3 is 5.69 Å². The maximum Gasteiger partial charge on any atom is 0.326 e. The van der Waals surface area contributed by atoms with E-state index >= 15 is 0 Å². The van der Waals surface area contributed by atoms with Crippen molar-refractivity contribution in [2.45, 2.75) is 63.9 Å². The van der Waals surface area contributed by atoms with E-state index in [1.165, 1.54) is 6.92 Å². The minimum absolute atomic E-state index is 0.00108. The Hall–Kier alpha value is -4.54. The molecule has 0 spiro atoms. The van der Waals surface area contributed by atoms with Gasteiger partial charge in [-0.2, -0.15) is 0 Å². The van der Waals surface area contributed by atoms with E-state index in [-0.39, 0.29) is 36.5 Å². The number of likely N-dealkylation sites (tertiary alicyclic amines) is 1. The van der Waals surface area contributed by atoms with E-state index in [0.29, 0.717) is 13.0 Å². The first kappa shape index (κ1) is 32.0. The van der Waals surface area contributed by atoms with Gasteiger partial charge in [0, 0.05) is 51.1 Å². The van der Waals surface area contributed by atoms with Gasteiger partial charge < -0.3 is 29.8 Å². The maximum absolute atomic E-state index is 12.8. The number of nitrogens with one attached hydrogen (secondary N) is 2. The highest BCUT2D eigenvalue weighted by molar-refractivity contribution is 5.75. The summed E-state index contributed by atoms with van der Waals surface area (Å²) in [5.74, 6) is -0.0593. The topological polar surface area (TPSA) is 109 Å². The minimum atomic E-state index is -0.544. The fourth-order valence-corrected chi connectivity index (χ4v) is 7.11. The van der Waals surface area contributed by atoms with Crippen molar-refractivity contribution < 1.29 is 19.4 Å². The number of nitrogens with zero attached hydrogens (tertiary/aromatic N) is 2. The molecule has 0 radical (unpaired) electrons. The molecule has 4 aromatic carbocycles. The van der Waals surface area contributed by atoms with Gasteiger partial charge in [0.1, 0.15) is 0 Å². The number of para-hydroxylation sites is 2. The summed E-state index contributed by atoms with van der Waals surface area (Å²) in [7, 11) is 0. The largest absolute Gasteiger partial charge is 0.392 e. The average molecular weight is 647 g/mol. The van der Waals surface area contributed by atoms with Crippen molar-refractivity contribution in [1.82, 2.24) is 19.8 Å². The molecule has 7 rings (SSSR count). The molecule has 3 heterocycles. The number of carbonyl (C=O) groups excluding carboxylic acids is 1. The molecule has 0 saturated carbocycles. The first-order valence-electron chi connectivity index (χ1n) is 16.8. The Morgan fingerprint density at radius 2 is 1.60 bits per heavy atom. The summed E-state index contributed by atoms with van der Waals surface area (Å²) in [6.07, 6.45) is 1.73. The molecule has 3 N–H and O–H groups in total. The Morgan fingerprint density at radius 3 is 2.35 bits per heavy atom. The van der Waals surface area contributed by atoms with Crippen molar-refractivity contribution in [2.24, 2.45) is 0 Å². The second kappa shape index (κ2) is 14.3. The van der Waals surface area contributed by atoms with Crippen molar-refractivity contribution in [2.75, 3.05) is 19.6 Å². The van der Waals surface area contributed by atoms with Crippen molar-refractivity contribution in [3.63, 3.8) is 0 Å². The molecule has 0 aliphatic carbocycles. The fourth-order valence-electron chi connectivity index (χ4n) is 7.11. The molecule has 3 atom stereocenters. The molecule has 5 aromatic rings. The SMILES string of the molecule is CC(=O)NCc1ccccc1-c1ccc(C2OC(CN3CCC(n4c(=O)[nH]c5ccccc54)CC3)CC(c3ccc(CO)cc3)O2)cc1. The molecule has 2 aliphatic heterocycles. The quantitative estimate of drug-likeness (QED) is 0.181. The van der Waals surface area contributed by atoms with E-state index in [1.807, 2.05) is 71.3 Å². The van der Waals surface area contributed by atoms with Crippen LogP contribution in [0.2, 0.25) is 0 Å². The second-order valence-electron chi connectivity index (χ2n) is 12.9. The number of piperidine rings is 1. The highest BCUT2D eigenvalue weighted by atomic mass is 16.7. The van der Waals surface area contributed by atoms with Crippen LogP contribution in [0.15, 0.2) is 102 Å². The Morgan fingerprint density at radius 1 is 0.896 bits per heavy atom. The van der Waals surface area contributed by atoms with Gasteiger partial charge in [0.15, 0.2) is 6.29 Å². The van der Waals surface area contributed by atoms with Crippen molar-refractivity contribution in [3.05, 3.63) is 130 Å². The molecule has 0 bridgehead atoms. The predicted molar refractivity (Wildman–Crippen MR) is 185 cm³/mol. The molecule has 48 heavy (non-hydrogen) atoms. The van der Waals surface area contributed by atoms with Gasteiger partial charge in [-0.1, -0.05) is 84.9 Å². The summed E-state index contributed by atoms with van der Waals surface area (Å²) in [6, 6.07) is 32.4. The smallest absolute Gasteiger partial charge is 0.326 e. The number of hydrogen-bond donors (Lipinski definition) is 3. The summed E-state index contributed by atoms with van der Waals surface area (Å²) < 4.78 is 15.2. The summed E-state index contributed by atoms with van der Waals surface area (Å²) >= 11 is 0. The number of imidazole rings is 1. The number of aromatic amines is 1. The van der Waals surface area contributed by atoms with E-state index < -0.39 is 6.29 Å².